The number of ether oxygens (including phenoxy) is 1. The number of nitrogens with one attached hydrogen (secondary N) is 1. The van der Waals surface area contributed by atoms with Crippen LogP contribution in [0, 0.1) is 38.0 Å². The van der Waals surface area contributed by atoms with Crippen LogP contribution in [0.1, 0.15) is 35.4 Å². The molecule has 0 aliphatic heterocycles. The van der Waals surface area contributed by atoms with E-state index in [4.69, 9.17) is 9.84 Å². The van der Waals surface area contributed by atoms with Crippen molar-refractivity contribution in [3.8, 4) is 28.9 Å². The second kappa shape index (κ2) is 8.63. The smallest absolute Gasteiger partial charge is 0.159 e. The summed E-state index contributed by atoms with van der Waals surface area (Å²) in [7, 11) is 1.66. The van der Waals surface area contributed by atoms with Gasteiger partial charge in [-0.05, 0) is 63.8 Å². The molecule has 1 saturated carbocycles. The number of nitriles is 1. The Balaban J connectivity index is 1.51. The maximum absolute atomic E-state index is 9.41. The van der Waals surface area contributed by atoms with Crippen LogP contribution in [0.15, 0.2) is 36.7 Å². The highest BCUT2D eigenvalue weighted by Gasteiger charge is 2.26. The van der Waals surface area contributed by atoms with E-state index < -0.39 is 0 Å². The van der Waals surface area contributed by atoms with Gasteiger partial charge >= 0.3 is 0 Å². The van der Waals surface area contributed by atoms with E-state index in [-0.39, 0.29) is 0 Å². The Morgan fingerprint density at radius 2 is 1.88 bits per heavy atom. The molecule has 9 heteroatoms. The molecule has 4 aromatic rings. The topological polar surface area (TPSA) is 106 Å². The van der Waals surface area contributed by atoms with Crippen LogP contribution in [-0.4, -0.2) is 36.6 Å². The Labute approximate surface area is 198 Å². The largest absolute Gasteiger partial charge is 0.497 e. The second-order valence-corrected chi connectivity index (χ2v) is 8.63. The minimum absolute atomic E-state index is 0.565. The maximum Gasteiger partial charge on any atom is 0.159 e. The van der Waals surface area contributed by atoms with Gasteiger partial charge in [0.25, 0.3) is 0 Å². The Kier molecular flexibility index (Phi) is 5.49. The first kappa shape index (κ1) is 21.6. The molecule has 0 atom stereocenters. The minimum Gasteiger partial charge on any atom is -0.497 e. The maximum atomic E-state index is 9.41. The van der Waals surface area contributed by atoms with Crippen LogP contribution >= 0.6 is 0 Å². The molecule has 0 radical (unpaired) electrons. The minimum atomic E-state index is 0.565. The zero-order valence-corrected chi connectivity index (χ0v) is 19.7. The number of nitrogens with zero attached hydrogens (tertiary/aromatic N) is 7. The Hall–Kier alpha value is -4.19. The van der Waals surface area contributed by atoms with Gasteiger partial charge in [-0.15, -0.1) is 0 Å². The van der Waals surface area contributed by atoms with Crippen LogP contribution < -0.4 is 10.1 Å². The average Bonchev–Trinajstić information content (AvgIpc) is 3.56. The normalized spacial score (nSPS) is 13.0. The summed E-state index contributed by atoms with van der Waals surface area (Å²) in [6.45, 7) is 6.62. The summed E-state index contributed by atoms with van der Waals surface area (Å²) in [5.74, 6) is 3.62. The van der Waals surface area contributed by atoms with Gasteiger partial charge in [0, 0.05) is 23.7 Å². The summed E-state index contributed by atoms with van der Waals surface area (Å²) in [5.41, 5.74) is 5.00. The third-order valence-electron chi connectivity index (χ3n) is 6.20. The number of hydrogen-bond donors (Lipinski definition) is 1. The Morgan fingerprint density at radius 3 is 2.53 bits per heavy atom. The van der Waals surface area contributed by atoms with Crippen molar-refractivity contribution in [3.63, 3.8) is 0 Å². The van der Waals surface area contributed by atoms with Gasteiger partial charge < -0.3 is 10.1 Å². The number of rotatable bonds is 7. The van der Waals surface area contributed by atoms with E-state index in [1.54, 1.807) is 11.8 Å². The van der Waals surface area contributed by atoms with Gasteiger partial charge in [0.15, 0.2) is 5.82 Å². The summed E-state index contributed by atoms with van der Waals surface area (Å²) < 4.78 is 9.02. The molecule has 1 aromatic carbocycles. The number of aromatic nitrogens is 6. The predicted octanol–water partition coefficient (Wildman–Crippen LogP) is 4.48. The van der Waals surface area contributed by atoms with E-state index in [1.807, 2.05) is 48.9 Å². The first-order valence-corrected chi connectivity index (χ1v) is 11.3. The number of methoxy groups -OCH3 is 1. The summed E-state index contributed by atoms with van der Waals surface area (Å²) in [6, 6.07) is 12.0. The molecule has 9 nitrogen and oxygen atoms in total. The molecule has 172 valence electrons. The third-order valence-corrected chi connectivity index (χ3v) is 6.20. The molecule has 34 heavy (non-hydrogen) atoms. The molecule has 1 aliphatic carbocycles. The molecule has 0 spiro atoms. The monoisotopic (exact) mass is 454 g/mol. The number of anilines is 2. The summed E-state index contributed by atoms with van der Waals surface area (Å²) in [5, 5.41) is 22.3. The Morgan fingerprint density at radius 1 is 1.12 bits per heavy atom. The zero-order chi connectivity index (χ0) is 23.8. The number of aryl methyl sites for hydroxylation is 1. The standard InChI is InChI=1S/C25H26N8O/c1-15-24(19-7-9-20(34-4)10-8-19)31-32(13-18-5-6-18)25(15)29-22-11-23(28-14-27-22)33-17(3)21(12-26)16(2)30-33/h7-11,14,18H,5-6,13H2,1-4H3,(H,27,28,29). The van der Waals surface area contributed by atoms with E-state index in [0.717, 1.165) is 40.6 Å². The van der Waals surface area contributed by atoms with E-state index in [2.05, 4.69) is 33.4 Å². The van der Waals surface area contributed by atoms with Crippen molar-refractivity contribution in [3.05, 3.63) is 59.2 Å². The van der Waals surface area contributed by atoms with Gasteiger partial charge in [0.05, 0.1) is 29.8 Å². The molecular formula is C25H26N8O. The van der Waals surface area contributed by atoms with Gasteiger partial charge in [-0.3, -0.25) is 0 Å². The average molecular weight is 455 g/mol. The quantitative estimate of drug-likeness (QED) is 0.439. The predicted molar refractivity (Wildman–Crippen MR) is 128 cm³/mol. The first-order chi connectivity index (χ1) is 16.5. The molecule has 1 N–H and O–H groups in total. The highest BCUT2D eigenvalue weighted by Crippen LogP contribution is 2.36. The van der Waals surface area contributed by atoms with Gasteiger partial charge in [-0.2, -0.15) is 15.5 Å². The molecule has 5 rings (SSSR count). The highest BCUT2D eigenvalue weighted by molar-refractivity contribution is 5.71. The van der Waals surface area contributed by atoms with Crippen LogP contribution in [0.3, 0.4) is 0 Å². The van der Waals surface area contributed by atoms with Crippen molar-refractivity contribution in [1.82, 2.24) is 29.5 Å². The molecule has 0 unspecified atom stereocenters. The molecule has 3 aromatic heterocycles. The zero-order valence-electron chi connectivity index (χ0n) is 19.7. The first-order valence-electron chi connectivity index (χ1n) is 11.3. The van der Waals surface area contributed by atoms with Crippen LogP contribution in [0.5, 0.6) is 5.75 Å². The summed E-state index contributed by atoms with van der Waals surface area (Å²) in [6.07, 6.45) is 3.96. The van der Waals surface area contributed by atoms with Crippen molar-refractivity contribution in [1.29, 1.82) is 5.26 Å². The van der Waals surface area contributed by atoms with Gasteiger partial charge in [-0.25, -0.2) is 19.3 Å². The molecule has 0 amide bonds. The van der Waals surface area contributed by atoms with Crippen LogP contribution in [0.25, 0.3) is 17.1 Å². The van der Waals surface area contributed by atoms with Crippen LogP contribution in [0.2, 0.25) is 0 Å². The third kappa shape index (κ3) is 3.99. The fourth-order valence-corrected chi connectivity index (χ4v) is 4.09. The van der Waals surface area contributed by atoms with Crippen molar-refractivity contribution < 1.29 is 4.74 Å². The van der Waals surface area contributed by atoms with Crippen LogP contribution in [-0.2, 0) is 6.54 Å². The molecule has 1 aliphatic rings. The highest BCUT2D eigenvalue weighted by atomic mass is 16.5. The van der Waals surface area contributed by atoms with E-state index in [0.29, 0.717) is 28.8 Å². The lowest BCUT2D eigenvalue weighted by Gasteiger charge is -2.11. The molecular weight excluding hydrogens is 428 g/mol. The molecule has 1 fully saturated rings. The van der Waals surface area contributed by atoms with E-state index in [1.165, 1.54) is 19.2 Å². The number of benzene rings is 1. The van der Waals surface area contributed by atoms with Crippen molar-refractivity contribution in [2.45, 2.75) is 40.2 Å². The van der Waals surface area contributed by atoms with E-state index in [9.17, 15) is 5.26 Å². The van der Waals surface area contributed by atoms with Gasteiger partial charge in [0.1, 0.15) is 29.8 Å². The lowest BCUT2D eigenvalue weighted by molar-refractivity contribution is 0.415. The SMILES string of the molecule is COc1ccc(-c2nn(CC3CC3)c(Nc3cc(-n4nc(C)c(C#N)c4C)ncn3)c2C)cc1. The van der Waals surface area contributed by atoms with Crippen molar-refractivity contribution in [2.24, 2.45) is 5.92 Å². The van der Waals surface area contributed by atoms with Crippen molar-refractivity contribution in [2.75, 3.05) is 12.4 Å². The molecule has 0 bridgehead atoms. The lowest BCUT2D eigenvalue weighted by Crippen LogP contribution is -2.09. The number of hydrogen-bond acceptors (Lipinski definition) is 7. The Bertz CT molecular complexity index is 1390. The lowest BCUT2D eigenvalue weighted by atomic mass is 10.1. The summed E-state index contributed by atoms with van der Waals surface area (Å²) >= 11 is 0. The fourth-order valence-electron chi connectivity index (χ4n) is 4.09. The van der Waals surface area contributed by atoms with Crippen LogP contribution in [0.4, 0.5) is 11.6 Å². The summed E-state index contributed by atoms with van der Waals surface area (Å²) in [4.78, 5) is 8.81. The van der Waals surface area contributed by atoms with E-state index >= 15 is 0 Å². The molecule has 0 saturated heterocycles. The molecule has 3 heterocycles. The second-order valence-electron chi connectivity index (χ2n) is 8.63. The van der Waals surface area contributed by atoms with Gasteiger partial charge in [-0.1, -0.05) is 0 Å². The van der Waals surface area contributed by atoms with Crippen molar-refractivity contribution >= 4 is 11.6 Å². The van der Waals surface area contributed by atoms with Gasteiger partial charge in [0.2, 0.25) is 0 Å². The fraction of sp³-hybridized carbons (Fsp3) is 0.320.